The minimum atomic E-state index is -1.30. The van der Waals surface area contributed by atoms with E-state index >= 15 is 0 Å². The van der Waals surface area contributed by atoms with E-state index in [0.717, 1.165) is 64.9 Å². The van der Waals surface area contributed by atoms with Gasteiger partial charge in [-0.3, -0.25) is 15.0 Å². The van der Waals surface area contributed by atoms with Crippen molar-refractivity contribution in [2.75, 3.05) is 33.3 Å². The number of benzene rings is 8. The molecule has 5 N–H and O–H groups in total. The molecule has 13 rings (SSSR count). The molecule has 4 aromatic heterocycles. The Kier molecular flexibility index (Phi) is 26.4. The van der Waals surface area contributed by atoms with Gasteiger partial charge in [-0.25, -0.2) is 59.3 Å². The molecule has 568 valence electrons. The summed E-state index contributed by atoms with van der Waals surface area (Å²) in [4.78, 5) is 62.0. The number of carboxylic acid groups (broad SMARTS) is 4. The molecule has 1 aliphatic carbocycles. The van der Waals surface area contributed by atoms with Crippen molar-refractivity contribution >= 4 is 35.4 Å². The lowest BCUT2D eigenvalue weighted by molar-refractivity contribution is 0.0684. The minimum Gasteiger partial charge on any atom is -0.497 e. The zero-order chi connectivity index (χ0) is 79.7. The molecule has 0 radical (unpaired) electrons. The number of aromatic carboxylic acids is 4. The monoisotopic (exact) mass is 1520 g/mol. The molecule has 1 fully saturated rings. The number of hydrogen-bond donors (Lipinski definition) is 5. The number of rotatable bonds is 23. The third-order valence-corrected chi connectivity index (χ3v) is 17.8. The molecule has 0 amide bonds. The fourth-order valence-corrected chi connectivity index (χ4v) is 12.0. The Bertz CT molecular complexity index is 5420. The van der Waals surface area contributed by atoms with Crippen LogP contribution in [0.15, 0.2) is 201 Å². The maximum atomic E-state index is 14.8. The molecule has 0 spiro atoms. The maximum absolute atomic E-state index is 14.8. The molecule has 0 atom stereocenters. The summed E-state index contributed by atoms with van der Waals surface area (Å²) >= 11 is 0. The first kappa shape index (κ1) is 80.2. The van der Waals surface area contributed by atoms with Crippen LogP contribution >= 0.6 is 0 Å². The molecule has 25 heteroatoms. The maximum Gasteiger partial charge on any atom is 0.339 e. The van der Waals surface area contributed by atoms with Gasteiger partial charge in [-0.05, 0) is 222 Å². The van der Waals surface area contributed by atoms with Crippen LogP contribution in [0.5, 0.6) is 23.0 Å². The van der Waals surface area contributed by atoms with Crippen LogP contribution < -0.4 is 24.3 Å². The van der Waals surface area contributed by atoms with Crippen molar-refractivity contribution in [2.45, 2.75) is 65.2 Å². The fraction of sp³-hybridized carbons (Fsp3) is 0.163. The molecule has 17 nitrogen and oxygen atoms in total. The molecule has 1 aliphatic rings. The summed E-state index contributed by atoms with van der Waals surface area (Å²) in [6.45, 7) is 6.09. The van der Waals surface area contributed by atoms with Crippen LogP contribution in [-0.2, 0) is 25.7 Å². The van der Waals surface area contributed by atoms with Gasteiger partial charge in [-0.1, -0.05) is 61.5 Å². The molecule has 111 heavy (non-hydrogen) atoms. The van der Waals surface area contributed by atoms with Crippen LogP contribution in [0, 0.1) is 53.5 Å². The third-order valence-electron chi connectivity index (χ3n) is 17.8. The van der Waals surface area contributed by atoms with Gasteiger partial charge in [0.15, 0.2) is 11.6 Å². The van der Waals surface area contributed by atoms with E-state index < -0.39 is 76.1 Å². The SMILES string of the molecule is CCOc1cccc(-c2cc(F)c(Cc3ncc(C4CC4)cc3C(=O)O)cc2F)c1.CCc1cnc(Cc2c(F)cc(-c3cccc(OC)c3)cc2F)c(C(=O)O)c1.COc1cccc(-c2cc(F)c(Cc3ncccc3C(=O)O)cc2C)c1.COc1cccc(-c2cc(F)c(Nc3ncccc3C(=O)O)c(F)c2)c1F. The van der Waals surface area contributed by atoms with Crippen LogP contribution in [0.3, 0.4) is 0 Å². The van der Waals surface area contributed by atoms with Crippen LogP contribution in [0.4, 0.5) is 46.6 Å². The number of carbonyl (C=O) groups is 4. The van der Waals surface area contributed by atoms with Crippen molar-refractivity contribution in [2.24, 2.45) is 0 Å². The average molecular weight is 1520 g/mol. The molecule has 1 saturated carbocycles. The molecule has 12 aromatic rings. The number of nitrogens with one attached hydrogen (secondary N) is 1. The largest absolute Gasteiger partial charge is 0.497 e. The van der Waals surface area contributed by atoms with Crippen LogP contribution in [0.2, 0.25) is 0 Å². The second-order valence-electron chi connectivity index (χ2n) is 25.2. The predicted molar refractivity (Wildman–Crippen MR) is 401 cm³/mol. The first-order valence-corrected chi connectivity index (χ1v) is 34.4. The average Bonchev–Trinajstić information content (AvgIpc) is 1.65. The Morgan fingerprint density at radius 2 is 0.955 bits per heavy atom. The van der Waals surface area contributed by atoms with Gasteiger partial charge in [0.2, 0.25) is 0 Å². The Hall–Kier alpha value is -13.3. The van der Waals surface area contributed by atoms with Crippen LogP contribution in [0.1, 0.15) is 125 Å². The molecule has 0 saturated heterocycles. The Morgan fingerprint density at radius 1 is 0.441 bits per heavy atom. The third kappa shape index (κ3) is 19.9. The van der Waals surface area contributed by atoms with Crippen molar-refractivity contribution in [3.8, 4) is 67.5 Å². The Balaban J connectivity index is 0.000000157. The smallest absolute Gasteiger partial charge is 0.339 e. The van der Waals surface area contributed by atoms with E-state index in [1.54, 1.807) is 80.0 Å². The van der Waals surface area contributed by atoms with E-state index in [0.29, 0.717) is 64.1 Å². The summed E-state index contributed by atoms with van der Waals surface area (Å²) < 4.78 is 138. The zero-order valence-electron chi connectivity index (χ0n) is 60.4. The van der Waals surface area contributed by atoms with Crippen LogP contribution in [-0.4, -0.2) is 92.2 Å². The number of anilines is 2. The van der Waals surface area contributed by atoms with Gasteiger partial charge in [0.1, 0.15) is 75.0 Å². The molecule has 4 heterocycles. The number of methoxy groups -OCH3 is 3. The van der Waals surface area contributed by atoms with Crippen molar-refractivity contribution < 1.29 is 93.7 Å². The van der Waals surface area contributed by atoms with Gasteiger partial charge >= 0.3 is 23.9 Å². The fourth-order valence-electron chi connectivity index (χ4n) is 12.0. The normalized spacial score (nSPS) is 11.3. The van der Waals surface area contributed by atoms with E-state index in [1.807, 2.05) is 45.0 Å². The number of aromatic nitrogens is 4. The molecular formula is C86H71F8N5O12. The van der Waals surface area contributed by atoms with Crippen molar-refractivity contribution in [3.05, 3.63) is 320 Å². The van der Waals surface area contributed by atoms with Crippen molar-refractivity contribution in [1.82, 2.24) is 19.9 Å². The van der Waals surface area contributed by atoms with E-state index in [9.17, 15) is 69.6 Å². The van der Waals surface area contributed by atoms with Gasteiger partial charge in [0, 0.05) is 60.7 Å². The molecular weight excluding hydrogens is 1450 g/mol. The predicted octanol–water partition coefficient (Wildman–Crippen LogP) is 19.6. The van der Waals surface area contributed by atoms with Gasteiger partial charge in [-0.2, -0.15) is 0 Å². The van der Waals surface area contributed by atoms with Gasteiger partial charge in [-0.15, -0.1) is 0 Å². The number of halogens is 8. The van der Waals surface area contributed by atoms with Gasteiger partial charge in [0.25, 0.3) is 0 Å². The number of pyridine rings is 4. The summed E-state index contributed by atoms with van der Waals surface area (Å²) in [6.07, 6.45) is 8.39. The summed E-state index contributed by atoms with van der Waals surface area (Å²) in [7, 11) is 4.38. The standard InChI is InChI=1S/C24H21F2NO3.C22H19F2NO3.C21H18FNO3.C19H13F3N2O3/c1-2-30-18-5-3-4-15(8-18)19-12-21(25)16(10-22(19)26)11-23-20(24(28)29)9-17(13-27-23)14-6-7-14;1-3-13-7-18(22(26)27)21(25-12-13)11-17-19(23)9-15(10-20(17)24)14-5-4-6-16(8-14)28-2;1-13-9-15(11-20-17(21(24)25)7-4-8-23-20)19(22)12-18(13)14-5-3-6-16(10-14)26-2;1-27-15-6-2-4-11(16(15)22)10-8-13(20)17(14(21)9-10)24-18-12(19(25)26)5-3-7-23-18/h3-5,8-10,12-14H,2,6-7,11H2,1H3,(H,28,29);4-10,12H,3,11H2,1-2H3,(H,26,27);3-10,12H,11H2,1-2H3,(H,24,25);2-9H,1H3,(H,23,24)(H,25,26). The number of aryl methyl sites for hydroxylation is 2. The second-order valence-corrected chi connectivity index (χ2v) is 25.2. The van der Waals surface area contributed by atoms with E-state index in [-0.39, 0.29) is 92.3 Å². The summed E-state index contributed by atoms with van der Waals surface area (Å²) in [5, 5.41) is 39.7. The number of carboxylic acids is 4. The summed E-state index contributed by atoms with van der Waals surface area (Å²) in [6, 6.07) is 43.9. The van der Waals surface area contributed by atoms with Gasteiger partial charge in [0.05, 0.1) is 61.7 Å². The van der Waals surface area contributed by atoms with Crippen molar-refractivity contribution in [1.29, 1.82) is 0 Å². The molecule has 0 bridgehead atoms. The highest BCUT2D eigenvalue weighted by Crippen LogP contribution is 2.41. The second kappa shape index (κ2) is 36.5. The Labute approximate surface area is 632 Å². The summed E-state index contributed by atoms with van der Waals surface area (Å²) in [5.41, 5.74) is 5.83. The van der Waals surface area contributed by atoms with Crippen molar-refractivity contribution in [3.63, 3.8) is 0 Å². The Morgan fingerprint density at radius 3 is 1.55 bits per heavy atom. The van der Waals surface area contributed by atoms with E-state index in [2.05, 4.69) is 25.3 Å². The van der Waals surface area contributed by atoms with Gasteiger partial charge < -0.3 is 44.7 Å². The quantitative estimate of drug-likeness (QED) is 0.0373. The topological polar surface area (TPSA) is 250 Å². The first-order valence-electron chi connectivity index (χ1n) is 34.4. The highest BCUT2D eigenvalue weighted by Gasteiger charge is 2.28. The number of hydrogen-bond acceptors (Lipinski definition) is 13. The lowest BCUT2D eigenvalue weighted by Crippen LogP contribution is -2.09. The highest BCUT2D eigenvalue weighted by molar-refractivity contribution is 5.94. The van der Waals surface area contributed by atoms with E-state index in [4.69, 9.17) is 24.1 Å². The molecule has 8 aromatic carbocycles. The minimum absolute atomic E-state index is 0.0349. The lowest BCUT2D eigenvalue weighted by atomic mass is 9.95. The number of nitrogens with zero attached hydrogens (tertiary/aromatic N) is 4. The highest BCUT2D eigenvalue weighted by atomic mass is 19.2. The lowest BCUT2D eigenvalue weighted by Gasteiger charge is -2.13. The number of ether oxygens (including phenoxy) is 4. The summed E-state index contributed by atoms with van der Waals surface area (Å²) in [5.74, 6) is -8.67. The zero-order valence-corrected chi connectivity index (χ0v) is 60.4. The molecule has 0 aliphatic heterocycles. The van der Waals surface area contributed by atoms with Crippen LogP contribution in [0.25, 0.3) is 44.5 Å². The van der Waals surface area contributed by atoms with E-state index in [1.165, 1.54) is 93.5 Å². The first-order chi connectivity index (χ1) is 53.3. The molecule has 0 unspecified atom stereocenters.